The summed E-state index contributed by atoms with van der Waals surface area (Å²) in [7, 11) is 0. The van der Waals surface area contributed by atoms with Gasteiger partial charge >= 0.3 is 0 Å². The maximum atomic E-state index is 9.02. The Balaban J connectivity index is 1.16. The highest BCUT2D eigenvalue weighted by Crippen LogP contribution is 2.38. The Morgan fingerprint density at radius 1 is 0.460 bits per heavy atom. The minimum Gasteiger partial charge on any atom is -0.456 e. The van der Waals surface area contributed by atoms with Gasteiger partial charge in [-0.3, -0.25) is 0 Å². The third-order valence-electron chi connectivity index (χ3n) is 8.88. The van der Waals surface area contributed by atoms with Crippen molar-refractivity contribution in [2.24, 2.45) is 0 Å². The van der Waals surface area contributed by atoms with Crippen LogP contribution in [0.3, 0.4) is 0 Å². The first-order chi connectivity index (χ1) is 28.5. The molecule has 7 aromatic carbocycles. The molecule has 3 aromatic heterocycles. The summed E-state index contributed by atoms with van der Waals surface area (Å²) in [5.41, 5.74) is 5.38. The van der Waals surface area contributed by atoms with Crippen molar-refractivity contribution in [3.63, 3.8) is 0 Å². The van der Waals surface area contributed by atoms with Gasteiger partial charge in [0.15, 0.2) is 17.5 Å². The molecule has 10 aromatic rings. The van der Waals surface area contributed by atoms with Crippen LogP contribution in [0.5, 0.6) is 0 Å². The molecule has 5 heteroatoms. The van der Waals surface area contributed by atoms with Gasteiger partial charge in [-0.25, -0.2) is 15.0 Å². The second-order valence-electron chi connectivity index (χ2n) is 11.8. The number of benzene rings is 7. The van der Waals surface area contributed by atoms with Crippen LogP contribution >= 0.6 is 0 Å². The highest BCUT2D eigenvalue weighted by atomic mass is 16.3. The third kappa shape index (κ3) is 4.60. The Bertz CT molecular complexity index is 3350. The standard InChI is InChI=1S/C45H28N4O/c1-3-12-29(13-4-1)32-24-27-39-37(28-32)34-16-7-9-19-38(34)49(39)33-25-22-31(23-26-33)44-46-43(30-14-5-2-6-15-30)47-45(48-44)36-18-11-21-41-42(36)35-17-8-10-20-40(35)50-41/h1-28H/i1D,3D,4D,7D,9D,12D,13D,16D,19D. The van der Waals surface area contributed by atoms with Crippen LogP contribution in [0.2, 0.25) is 0 Å². The molecular weight excluding hydrogens is 613 g/mol. The lowest BCUT2D eigenvalue weighted by atomic mass is 10.0. The van der Waals surface area contributed by atoms with Crippen molar-refractivity contribution in [3.05, 3.63) is 170 Å². The molecule has 0 saturated heterocycles. The Labute approximate surface area is 300 Å². The van der Waals surface area contributed by atoms with Gasteiger partial charge < -0.3 is 8.98 Å². The zero-order valence-electron chi connectivity index (χ0n) is 35.2. The Morgan fingerprint density at radius 2 is 1.14 bits per heavy atom. The molecule has 234 valence electrons. The van der Waals surface area contributed by atoms with Crippen molar-refractivity contribution in [2.75, 3.05) is 0 Å². The van der Waals surface area contributed by atoms with Gasteiger partial charge in [-0.05, 0) is 65.7 Å². The molecule has 50 heavy (non-hydrogen) atoms. The molecule has 0 bridgehead atoms. The molecule has 0 aliphatic rings. The number of rotatable bonds is 5. The van der Waals surface area contributed by atoms with Gasteiger partial charge in [0.1, 0.15) is 11.2 Å². The summed E-state index contributed by atoms with van der Waals surface area (Å²) in [6.45, 7) is 0. The van der Waals surface area contributed by atoms with Crippen LogP contribution in [-0.2, 0) is 0 Å². The second kappa shape index (κ2) is 11.4. The molecule has 3 heterocycles. The molecule has 5 nitrogen and oxygen atoms in total. The van der Waals surface area contributed by atoms with Crippen LogP contribution in [0.15, 0.2) is 174 Å². The minimum absolute atomic E-state index is 0.00669. The normalized spacial score (nSPS) is 14.1. The fourth-order valence-electron chi connectivity index (χ4n) is 6.60. The van der Waals surface area contributed by atoms with Gasteiger partial charge in [-0.2, -0.15) is 0 Å². The molecule has 0 amide bonds. The van der Waals surface area contributed by atoms with E-state index in [1.807, 2.05) is 97.1 Å². The molecule has 0 N–H and O–H groups in total. The van der Waals surface area contributed by atoms with Crippen LogP contribution in [0.1, 0.15) is 12.3 Å². The zero-order valence-corrected chi connectivity index (χ0v) is 26.2. The van der Waals surface area contributed by atoms with E-state index in [0.29, 0.717) is 50.8 Å². The van der Waals surface area contributed by atoms with E-state index in [9.17, 15) is 0 Å². The molecule has 0 fully saturated rings. The average molecular weight is 650 g/mol. The topological polar surface area (TPSA) is 56.7 Å². The highest BCUT2D eigenvalue weighted by molar-refractivity contribution is 6.12. The van der Waals surface area contributed by atoms with E-state index in [1.165, 1.54) is 0 Å². The van der Waals surface area contributed by atoms with E-state index < -0.39 is 30.2 Å². The van der Waals surface area contributed by atoms with E-state index in [4.69, 9.17) is 31.7 Å². The number of fused-ring (bicyclic) bond motifs is 6. The van der Waals surface area contributed by atoms with E-state index >= 15 is 0 Å². The Kier molecular flexibility index (Phi) is 4.67. The SMILES string of the molecule is [2H]c1c([2H])c([2H])c(-c2ccc3c(c2)c2c([2H])c([2H])c([2H])c([2H])c2n3-c2ccc(-c3nc(-c4ccccc4)nc(-c4cccc5oc6ccccc6c45)n3)cc2)c([2H])c1[2H]. The van der Waals surface area contributed by atoms with Crippen molar-refractivity contribution in [2.45, 2.75) is 0 Å². The van der Waals surface area contributed by atoms with E-state index in [-0.39, 0.29) is 40.6 Å². The average Bonchev–Trinajstić information content (AvgIpc) is 3.83. The summed E-state index contributed by atoms with van der Waals surface area (Å²) in [6, 6.07) is 32.1. The third-order valence-corrected chi connectivity index (χ3v) is 8.88. The van der Waals surface area contributed by atoms with Gasteiger partial charge in [0.25, 0.3) is 0 Å². The van der Waals surface area contributed by atoms with Crippen molar-refractivity contribution >= 4 is 43.7 Å². The van der Waals surface area contributed by atoms with Gasteiger partial charge in [-0.1, -0.05) is 115 Å². The summed E-state index contributed by atoms with van der Waals surface area (Å²) >= 11 is 0. The lowest BCUT2D eigenvalue weighted by Crippen LogP contribution is -2.01. The molecule has 0 radical (unpaired) electrons. The monoisotopic (exact) mass is 649 g/mol. The van der Waals surface area contributed by atoms with E-state index in [2.05, 4.69) is 0 Å². The first kappa shape index (κ1) is 20.5. The fourth-order valence-corrected chi connectivity index (χ4v) is 6.60. The van der Waals surface area contributed by atoms with Crippen LogP contribution in [0.25, 0.3) is 94.7 Å². The maximum absolute atomic E-state index is 9.02. The van der Waals surface area contributed by atoms with Crippen LogP contribution in [0, 0.1) is 0 Å². The van der Waals surface area contributed by atoms with Gasteiger partial charge in [0, 0.05) is 43.9 Å². The minimum atomic E-state index is -0.507. The van der Waals surface area contributed by atoms with E-state index in [1.54, 1.807) is 22.8 Å². The van der Waals surface area contributed by atoms with Gasteiger partial charge in [0.05, 0.1) is 23.4 Å². The van der Waals surface area contributed by atoms with Crippen LogP contribution in [0.4, 0.5) is 0 Å². The van der Waals surface area contributed by atoms with Crippen molar-refractivity contribution < 1.29 is 16.8 Å². The predicted molar refractivity (Wildman–Crippen MR) is 203 cm³/mol. The van der Waals surface area contributed by atoms with Crippen LogP contribution < -0.4 is 0 Å². The zero-order chi connectivity index (χ0) is 40.9. The van der Waals surface area contributed by atoms with E-state index in [0.717, 1.165) is 27.5 Å². The predicted octanol–water partition coefficient (Wildman–Crippen LogP) is 11.5. The second-order valence-corrected chi connectivity index (χ2v) is 11.8. The molecule has 0 saturated carbocycles. The Hall–Kier alpha value is -6.85. The quantitative estimate of drug-likeness (QED) is 0.186. The molecule has 0 spiro atoms. The number of aromatic nitrogens is 4. The van der Waals surface area contributed by atoms with Crippen molar-refractivity contribution in [1.82, 2.24) is 19.5 Å². The van der Waals surface area contributed by atoms with Crippen LogP contribution in [-0.4, -0.2) is 19.5 Å². The summed E-state index contributed by atoms with van der Waals surface area (Å²) in [5, 5.41) is 2.49. The summed E-state index contributed by atoms with van der Waals surface area (Å²) in [6.07, 6.45) is 0. The molecule has 0 aliphatic carbocycles. The smallest absolute Gasteiger partial charge is 0.164 e. The van der Waals surface area contributed by atoms with Gasteiger partial charge in [-0.15, -0.1) is 0 Å². The number of furan rings is 1. The lowest BCUT2D eigenvalue weighted by Gasteiger charge is -2.11. The molecule has 0 aliphatic heterocycles. The number of hydrogen-bond donors (Lipinski definition) is 0. The van der Waals surface area contributed by atoms with Gasteiger partial charge in [0.2, 0.25) is 0 Å². The fraction of sp³-hybridized carbons (Fsp3) is 0. The van der Waals surface area contributed by atoms with Crippen molar-refractivity contribution in [1.29, 1.82) is 0 Å². The maximum Gasteiger partial charge on any atom is 0.164 e. The van der Waals surface area contributed by atoms with Crippen molar-refractivity contribution in [3.8, 4) is 51.0 Å². The summed E-state index contributed by atoms with van der Waals surface area (Å²) in [5.74, 6) is 1.36. The first-order valence-corrected chi connectivity index (χ1v) is 16.0. The number of hydrogen-bond acceptors (Lipinski definition) is 4. The molecule has 0 unspecified atom stereocenters. The summed E-state index contributed by atoms with van der Waals surface area (Å²) in [4.78, 5) is 14.9. The first-order valence-electron chi connectivity index (χ1n) is 20.5. The summed E-state index contributed by atoms with van der Waals surface area (Å²) < 4.78 is 84.7. The molecular formula is C45H28N4O. The largest absolute Gasteiger partial charge is 0.456 e. The Morgan fingerprint density at radius 3 is 1.98 bits per heavy atom. The number of para-hydroxylation sites is 2. The lowest BCUT2D eigenvalue weighted by molar-refractivity contribution is 0.669. The number of nitrogens with zero attached hydrogens (tertiary/aromatic N) is 4. The molecule has 0 atom stereocenters. The molecule has 10 rings (SSSR count). The highest BCUT2D eigenvalue weighted by Gasteiger charge is 2.18.